The van der Waals surface area contributed by atoms with E-state index in [2.05, 4.69) is 43.2 Å². The Bertz CT molecular complexity index is 607. The van der Waals surface area contributed by atoms with E-state index < -0.39 is 0 Å². The standard InChI is InChI=1S/C14H16BrClN4O/c1-9(20-4-2-17-3-5-20)13-18-14(21-19-13)10-6-11(15)8-12(16)7-10/h6-9,17H,2-5H2,1H3. The molecule has 0 bridgehead atoms. The zero-order valence-electron chi connectivity index (χ0n) is 11.6. The number of hydrogen-bond acceptors (Lipinski definition) is 5. The van der Waals surface area contributed by atoms with Crippen LogP contribution in [0.2, 0.25) is 5.02 Å². The van der Waals surface area contributed by atoms with Crippen LogP contribution >= 0.6 is 27.5 Å². The molecule has 0 radical (unpaired) electrons. The molecule has 1 aromatic carbocycles. The van der Waals surface area contributed by atoms with Crippen molar-refractivity contribution in [3.8, 4) is 11.5 Å². The Kier molecular flexibility index (Phi) is 4.59. The maximum Gasteiger partial charge on any atom is 0.258 e. The molecule has 2 aromatic rings. The molecule has 1 unspecified atom stereocenters. The summed E-state index contributed by atoms with van der Waals surface area (Å²) in [4.78, 5) is 6.86. The van der Waals surface area contributed by atoms with Crippen molar-refractivity contribution in [1.29, 1.82) is 0 Å². The van der Waals surface area contributed by atoms with Crippen LogP contribution in [0.4, 0.5) is 0 Å². The predicted octanol–water partition coefficient (Wildman–Crippen LogP) is 3.12. The average molecular weight is 372 g/mol. The van der Waals surface area contributed by atoms with E-state index in [0.717, 1.165) is 36.2 Å². The SMILES string of the molecule is CC(c1noc(-c2cc(Cl)cc(Br)c2)n1)N1CCNCC1. The Balaban J connectivity index is 1.82. The van der Waals surface area contributed by atoms with E-state index in [1.54, 1.807) is 0 Å². The molecular formula is C14H16BrClN4O. The molecule has 0 spiro atoms. The summed E-state index contributed by atoms with van der Waals surface area (Å²) in [5.41, 5.74) is 0.820. The molecule has 1 fully saturated rings. The van der Waals surface area contributed by atoms with Crippen molar-refractivity contribution >= 4 is 27.5 Å². The molecule has 1 aliphatic heterocycles. The van der Waals surface area contributed by atoms with Gasteiger partial charge in [0, 0.05) is 41.2 Å². The summed E-state index contributed by atoms with van der Waals surface area (Å²) in [5.74, 6) is 1.21. The Hall–Kier alpha value is -0.950. The van der Waals surface area contributed by atoms with Gasteiger partial charge in [-0.2, -0.15) is 4.98 Å². The number of halogens is 2. The third kappa shape index (κ3) is 3.45. The summed E-state index contributed by atoms with van der Waals surface area (Å²) in [6.07, 6.45) is 0. The lowest BCUT2D eigenvalue weighted by Crippen LogP contribution is -2.44. The highest BCUT2D eigenvalue weighted by Crippen LogP contribution is 2.28. The van der Waals surface area contributed by atoms with Gasteiger partial charge in [0.1, 0.15) is 0 Å². The van der Waals surface area contributed by atoms with Crippen molar-refractivity contribution in [2.75, 3.05) is 26.2 Å². The van der Waals surface area contributed by atoms with Gasteiger partial charge in [0.25, 0.3) is 5.89 Å². The van der Waals surface area contributed by atoms with Gasteiger partial charge in [0.15, 0.2) is 5.82 Å². The number of hydrogen-bond donors (Lipinski definition) is 1. The van der Waals surface area contributed by atoms with E-state index in [1.807, 2.05) is 18.2 Å². The molecule has 0 saturated carbocycles. The maximum atomic E-state index is 6.06. The molecule has 112 valence electrons. The molecule has 3 rings (SSSR count). The van der Waals surface area contributed by atoms with Crippen LogP contribution in [-0.2, 0) is 0 Å². The fourth-order valence-corrected chi connectivity index (χ4v) is 3.29. The summed E-state index contributed by atoms with van der Waals surface area (Å²) in [7, 11) is 0. The topological polar surface area (TPSA) is 54.2 Å². The first-order chi connectivity index (χ1) is 10.1. The maximum absolute atomic E-state index is 6.06. The first kappa shape index (κ1) is 15.0. The van der Waals surface area contributed by atoms with Crippen LogP contribution in [0.5, 0.6) is 0 Å². The minimum absolute atomic E-state index is 0.146. The van der Waals surface area contributed by atoms with E-state index >= 15 is 0 Å². The van der Waals surface area contributed by atoms with Crippen LogP contribution in [0.1, 0.15) is 18.8 Å². The number of nitrogens with one attached hydrogen (secondary N) is 1. The molecule has 1 saturated heterocycles. The van der Waals surface area contributed by atoms with Gasteiger partial charge in [-0.25, -0.2) is 0 Å². The van der Waals surface area contributed by atoms with Crippen molar-refractivity contribution in [3.63, 3.8) is 0 Å². The molecule has 21 heavy (non-hydrogen) atoms. The normalized spacial score (nSPS) is 17.9. The van der Waals surface area contributed by atoms with Crippen molar-refractivity contribution in [1.82, 2.24) is 20.4 Å². The highest BCUT2D eigenvalue weighted by molar-refractivity contribution is 9.10. The van der Waals surface area contributed by atoms with Crippen LogP contribution in [0.25, 0.3) is 11.5 Å². The third-order valence-corrected chi connectivity index (χ3v) is 4.30. The average Bonchev–Trinajstić information content (AvgIpc) is 2.96. The summed E-state index contributed by atoms with van der Waals surface area (Å²) < 4.78 is 6.28. The first-order valence-electron chi connectivity index (χ1n) is 6.88. The fourth-order valence-electron chi connectivity index (χ4n) is 2.43. The zero-order chi connectivity index (χ0) is 14.8. The third-order valence-electron chi connectivity index (χ3n) is 3.62. The summed E-state index contributed by atoms with van der Waals surface area (Å²) in [5, 5.41) is 8.09. The van der Waals surface area contributed by atoms with Gasteiger partial charge < -0.3 is 9.84 Å². The lowest BCUT2D eigenvalue weighted by Gasteiger charge is -2.30. The van der Waals surface area contributed by atoms with E-state index in [1.165, 1.54) is 0 Å². The van der Waals surface area contributed by atoms with Crippen molar-refractivity contribution in [2.24, 2.45) is 0 Å². The summed E-state index contributed by atoms with van der Waals surface area (Å²) in [6, 6.07) is 5.70. The molecular weight excluding hydrogens is 356 g/mol. The molecule has 1 aliphatic rings. The molecule has 1 atom stereocenters. The molecule has 1 N–H and O–H groups in total. The Morgan fingerprint density at radius 2 is 2.10 bits per heavy atom. The number of aromatic nitrogens is 2. The Morgan fingerprint density at radius 1 is 1.33 bits per heavy atom. The van der Waals surface area contributed by atoms with E-state index in [4.69, 9.17) is 16.1 Å². The van der Waals surface area contributed by atoms with Crippen molar-refractivity contribution < 1.29 is 4.52 Å². The fraction of sp³-hybridized carbons (Fsp3) is 0.429. The number of benzene rings is 1. The van der Waals surface area contributed by atoms with Gasteiger partial charge in [-0.05, 0) is 25.1 Å². The zero-order valence-corrected chi connectivity index (χ0v) is 14.0. The minimum atomic E-state index is 0.146. The molecule has 1 aromatic heterocycles. The van der Waals surface area contributed by atoms with E-state index in [0.29, 0.717) is 16.7 Å². The molecule has 0 aliphatic carbocycles. The minimum Gasteiger partial charge on any atom is -0.334 e. The Labute approximate surface area is 136 Å². The molecule has 5 nitrogen and oxygen atoms in total. The second-order valence-corrected chi connectivity index (χ2v) is 6.43. The van der Waals surface area contributed by atoms with Crippen LogP contribution < -0.4 is 5.32 Å². The Morgan fingerprint density at radius 3 is 2.81 bits per heavy atom. The molecule has 0 amide bonds. The van der Waals surface area contributed by atoms with Crippen molar-refractivity contribution in [2.45, 2.75) is 13.0 Å². The lowest BCUT2D eigenvalue weighted by atomic mass is 10.2. The van der Waals surface area contributed by atoms with Crippen molar-refractivity contribution in [3.05, 3.63) is 33.5 Å². The summed E-state index contributed by atoms with van der Waals surface area (Å²) in [6.45, 7) is 6.09. The predicted molar refractivity (Wildman–Crippen MR) is 85.3 cm³/mol. The van der Waals surface area contributed by atoms with Gasteiger partial charge >= 0.3 is 0 Å². The summed E-state index contributed by atoms with van der Waals surface area (Å²) >= 11 is 9.48. The quantitative estimate of drug-likeness (QED) is 0.898. The van der Waals surface area contributed by atoms with Gasteiger partial charge in [-0.15, -0.1) is 0 Å². The monoisotopic (exact) mass is 370 g/mol. The largest absolute Gasteiger partial charge is 0.334 e. The van der Waals surface area contributed by atoms with Gasteiger partial charge in [-0.1, -0.05) is 32.7 Å². The highest BCUT2D eigenvalue weighted by Gasteiger charge is 2.22. The number of nitrogens with zero attached hydrogens (tertiary/aromatic N) is 3. The number of rotatable bonds is 3. The lowest BCUT2D eigenvalue weighted by molar-refractivity contribution is 0.176. The number of piperazine rings is 1. The first-order valence-corrected chi connectivity index (χ1v) is 8.05. The molecule has 2 heterocycles. The smallest absolute Gasteiger partial charge is 0.258 e. The second-order valence-electron chi connectivity index (χ2n) is 5.08. The van der Waals surface area contributed by atoms with Crippen LogP contribution in [0.3, 0.4) is 0 Å². The van der Waals surface area contributed by atoms with Gasteiger partial charge in [-0.3, -0.25) is 4.90 Å². The van der Waals surface area contributed by atoms with Gasteiger partial charge in [0.2, 0.25) is 0 Å². The van der Waals surface area contributed by atoms with Crippen LogP contribution in [0.15, 0.2) is 27.2 Å². The van der Waals surface area contributed by atoms with Crippen LogP contribution in [-0.4, -0.2) is 41.2 Å². The van der Waals surface area contributed by atoms with Gasteiger partial charge in [0.05, 0.1) is 6.04 Å². The second kappa shape index (κ2) is 6.44. The van der Waals surface area contributed by atoms with E-state index in [9.17, 15) is 0 Å². The molecule has 7 heteroatoms. The van der Waals surface area contributed by atoms with E-state index in [-0.39, 0.29) is 6.04 Å². The highest BCUT2D eigenvalue weighted by atomic mass is 79.9. The van der Waals surface area contributed by atoms with Crippen LogP contribution in [0, 0.1) is 0 Å².